The second-order valence-electron chi connectivity index (χ2n) is 8.58. The van der Waals surface area contributed by atoms with Crippen molar-refractivity contribution in [3.8, 4) is 0 Å². The number of anilines is 1. The summed E-state index contributed by atoms with van der Waals surface area (Å²) >= 11 is 0. The fraction of sp³-hybridized carbons (Fsp3) is 0.222. The van der Waals surface area contributed by atoms with Crippen molar-refractivity contribution >= 4 is 22.6 Å². The van der Waals surface area contributed by atoms with E-state index in [1.165, 1.54) is 0 Å². The van der Waals surface area contributed by atoms with Crippen LogP contribution in [0.1, 0.15) is 39.1 Å². The van der Waals surface area contributed by atoms with Crippen molar-refractivity contribution in [3.63, 3.8) is 0 Å². The Hall–Kier alpha value is -4.13. The van der Waals surface area contributed by atoms with Crippen LogP contribution >= 0.6 is 0 Å². The normalized spacial score (nSPS) is 11.3. The number of furan rings is 1. The third-order valence-corrected chi connectivity index (χ3v) is 6.00. The van der Waals surface area contributed by atoms with Crippen molar-refractivity contribution in [1.29, 1.82) is 0 Å². The predicted octanol–water partition coefficient (Wildman–Crippen LogP) is 5.07. The van der Waals surface area contributed by atoms with E-state index < -0.39 is 0 Å². The highest BCUT2D eigenvalue weighted by atomic mass is 16.4. The van der Waals surface area contributed by atoms with E-state index in [0.29, 0.717) is 12.3 Å². The van der Waals surface area contributed by atoms with Gasteiger partial charge in [0, 0.05) is 24.8 Å². The van der Waals surface area contributed by atoms with Crippen LogP contribution in [-0.2, 0) is 26.4 Å². The predicted molar refractivity (Wildman–Crippen MR) is 132 cm³/mol. The van der Waals surface area contributed by atoms with Crippen molar-refractivity contribution in [1.82, 2.24) is 19.3 Å². The molecule has 3 aromatic heterocycles. The number of para-hydroxylation sites is 2. The highest BCUT2D eigenvalue weighted by molar-refractivity contribution is 6.02. The van der Waals surface area contributed by atoms with Crippen molar-refractivity contribution in [2.75, 3.05) is 5.32 Å². The van der Waals surface area contributed by atoms with Gasteiger partial charge < -0.3 is 14.3 Å². The van der Waals surface area contributed by atoms with Crippen molar-refractivity contribution < 1.29 is 9.21 Å². The molecule has 0 atom stereocenters. The maximum absolute atomic E-state index is 12.7. The van der Waals surface area contributed by atoms with Crippen LogP contribution in [0.15, 0.2) is 71.1 Å². The Kier molecular flexibility index (Phi) is 5.76. The van der Waals surface area contributed by atoms with Crippen molar-refractivity contribution in [2.24, 2.45) is 7.05 Å². The van der Waals surface area contributed by atoms with Gasteiger partial charge in [0.25, 0.3) is 5.91 Å². The molecule has 0 fully saturated rings. The topological polar surface area (TPSA) is 77.9 Å². The van der Waals surface area contributed by atoms with E-state index in [0.717, 1.165) is 52.3 Å². The molecule has 0 aliphatic heterocycles. The third kappa shape index (κ3) is 4.50. The number of fused-ring (bicyclic) bond motifs is 1. The van der Waals surface area contributed by atoms with Gasteiger partial charge in [0.1, 0.15) is 11.6 Å². The molecule has 1 N–H and O–H groups in total. The molecule has 7 heteroatoms. The molecule has 2 aromatic carbocycles. The second-order valence-corrected chi connectivity index (χ2v) is 8.58. The molecule has 0 saturated heterocycles. The van der Waals surface area contributed by atoms with Crippen LogP contribution in [0.25, 0.3) is 11.0 Å². The molecular formula is C27H27N5O2. The molecule has 1 amide bonds. The third-order valence-electron chi connectivity index (χ3n) is 6.00. The van der Waals surface area contributed by atoms with Crippen LogP contribution in [0.5, 0.6) is 0 Å². The number of nitrogens with one attached hydrogen (secondary N) is 1. The summed E-state index contributed by atoms with van der Waals surface area (Å²) in [5, 5.41) is 7.39. The maximum Gasteiger partial charge on any atom is 0.291 e. The number of carbonyl (C=O) groups excluding carboxylic acids is 1. The van der Waals surface area contributed by atoms with E-state index >= 15 is 0 Å². The number of hydrogen-bond donors (Lipinski definition) is 1. The summed E-state index contributed by atoms with van der Waals surface area (Å²) in [6, 6.07) is 21.6. The molecule has 34 heavy (non-hydrogen) atoms. The molecule has 0 spiro atoms. The summed E-state index contributed by atoms with van der Waals surface area (Å²) in [5.74, 6) is 1.74. The molecule has 172 valence electrons. The molecule has 3 heterocycles. The first-order valence-corrected chi connectivity index (χ1v) is 11.4. The second kappa shape index (κ2) is 9.02. The number of rotatable bonds is 7. The number of aryl methyl sites for hydroxylation is 5. The Morgan fingerprint density at radius 1 is 1.00 bits per heavy atom. The quantitative estimate of drug-likeness (QED) is 0.373. The molecule has 0 unspecified atom stereocenters. The molecule has 0 bridgehead atoms. The minimum absolute atomic E-state index is 0.271. The zero-order valence-electron chi connectivity index (χ0n) is 19.6. The van der Waals surface area contributed by atoms with Gasteiger partial charge in [-0.15, -0.1) is 0 Å². The van der Waals surface area contributed by atoms with Crippen LogP contribution in [0.3, 0.4) is 0 Å². The van der Waals surface area contributed by atoms with Gasteiger partial charge in [-0.25, -0.2) is 4.98 Å². The molecule has 0 aliphatic rings. The monoisotopic (exact) mass is 453 g/mol. The smallest absolute Gasteiger partial charge is 0.291 e. The van der Waals surface area contributed by atoms with Gasteiger partial charge in [0.2, 0.25) is 0 Å². The number of benzene rings is 2. The molecule has 7 nitrogen and oxygen atoms in total. The molecule has 0 radical (unpaired) electrons. The first-order chi connectivity index (χ1) is 16.5. The fourth-order valence-electron chi connectivity index (χ4n) is 4.24. The number of aromatic nitrogens is 4. The first-order valence-electron chi connectivity index (χ1n) is 11.4. The summed E-state index contributed by atoms with van der Waals surface area (Å²) in [6.45, 7) is 4.45. The SMILES string of the molecule is Cc1cc(C)n(Cc2ccc(C(=O)Nc3cccc(CCc4nc5ccccc5n4C)c3)o2)n1. The van der Waals surface area contributed by atoms with Crippen molar-refractivity contribution in [3.05, 3.63) is 101 Å². The van der Waals surface area contributed by atoms with Gasteiger partial charge in [-0.2, -0.15) is 5.10 Å². The Labute approximate surface area is 198 Å². The van der Waals surface area contributed by atoms with Gasteiger partial charge in [-0.05, 0) is 68.3 Å². The van der Waals surface area contributed by atoms with E-state index in [1.807, 2.05) is 74.1 Å². The number of carbonyl (C=O) groups is 1. The van der Waals surface area contributed by atoms with E-state index in [-0.39, 0.29) is 11.7 Å². The minimum atomic E-state index is -0.271. The van der Waals surface area contributed by atoms with Crippen LogP contribution in [0, 0.1) is 13.8 Å². The number of nitrogens with zero attached hydrogens (tertiary/aromatic N) is 4. The Morgan fingerprint density at radius 3 is 2.65 bits per heavy atom. The fourth-order valence-corrected chi connectivity index (χ4v) is 4.24. The summed E-state index contributed by atoms with van der Waals surface area (Å²) in [5.41, 5.74) is 6.03. The lowest BCUT2D eigenvalue weighted by molar-refractivity contribution is 0.0994. The molecule has 5 rings (SSSR count). The average Bonchev–Trinajstić information content (AvgIpc) is 3.51. The van der Waals surface area contributed by atoms with Gasteiger partial charge in [-0.1, -0.05) is 24.3 Å². The largest absolute Gasteiger partial charge is 0.454 e. The van der Waals surface area contributed by atoms with Crippen LogP contribution in [0.4, 0.5) is 5.69 Å². The average molecular weight is 454 g/mol. The summed E-state index contributed by atoms with van der Waals surface area (Å²) < 4.78 is 9.78. The highest BCUT2D eigenvalue weighted by Crippen LogP contribution is 2.19. The molecule has 0 saturated carbocycles. The molecule has 0 aliphatic carbocycles. The zero-order valence-corrected chi connectivity index (χ0v) is 19.6. The van der Waals surface area contributed by atoms with Gasteiger partial charge in [0.05, 0.1) is 23.3 Å². The van der Waals surface area contributed by atoms with Gasteiger partial charge >= 0.3 is 0 Å². The summed E-state index contributed by atoms with van der Waals surface area (Å²) in [6.07, 6.45) is 1.64. The minimum Gasteiger partial charge on any atom is -0.454 e. The van der Waals surface area contributed by atoms with Gasteiger partial charge in [-0.3, -0.25) is 9.48 Å². The highest BCUT2D eigenvalue weighted by Gasteiger charge is 2.13. The zero-order chi connectivity index (χ0) is 23.7. The van der Waals surface area contributed by atoms with Crippen LogP contribution in [-0.4, -0.2) is 25.2 Å². The van der Waals surface area contributed by atoms with E-state index in [2.05, 4.69) is 27.1 Å². The summed E-state index contributed by atoms with van der Waals surface area (Å²) in [7, 11) is 2.05. The lowest BCUT2D eigenvalue weighted by Gasteiger charge is -2.07. The maximum atomic E-state index is 12.7. The summed E-state index contributed by atoms with van der Waals surface area (Å²) in [4.78, 5) is 17.5. The lowest BCUT2D eigenvalue weighted by Crippen LogP contribution is -2.11. The van der Waals surface area contributed by atoms with E-state index in [4.69, 9.17) is 9.40 Å². The molecular weight excluding hydrogens is 426 g/mol. The van der Waals surface area contributed by atoms with Crippen LogP contribution < -0.4 is 5.32 Å². The van der Waals surface area contributed by atoms with Crippen LogP contribution in [0.2, 0.25) is 0 Å². The molecule has 5 aromatic rings. The Morgan fingerprint density at radius 2 is 1.85 bits per heavy atom. The Bertz CT molecular complexity index is 1470. The number of amides is 1. The van der Waals surface area contributed by atoms with Crippen molar-refractivity contribution in [2.45, 2.75) is 33.2 Å². The lowest BCUT2D eigenvalue weighted by atomic mass is 10.1. The standard InChI is InChI=1S/C27H27N5O2/c1-18-15-19(2)32(30-18)17-22-12-13-25(34-22)27(33)28-21-8-6-7-20(16-21)11-14-26-29-23-9-4-5-10-24(23)31(26)3/h4-10,12-13,15-16H,11,14,17H2,1-3H3,(H,28,33). The number of imidazole rings is 1. The van der Waals surface area contributed by atoms with E-state index in [1.54, 1.807) is 6.07 Å². The van der Waals surface area contributed by atoms with E-state index in [9.17, 15) is 4.79 Å². The van der Waals surface area contributed by atoms with Gasteiger partial charge in [0.15, 0.2) is 5.76 Å². The number of hydrogen-bond acceptors (Lipinski definition) is 4. The first kappa shape index (κ1) is 21.7. The Balaban J connectivity index is 1.23.